The number of hydrogen-bond acceptors (Lipinski definition) is 4. The molecule has 0 spiro atoms. The lowest BCUT2D eigenvalue weighted by atomic mass is 10.2. The van der Waals surface area contributed by atoms with Crippen molar-refractivity contribution in [3.8, 4) is 0 Å². The molecule has 1 N–H and O–H groups in total. The maximum absolute atomic E-state index is 13.3. The van der Waals surface area contributed by atoms with Crippen LogP contribution in [0.25, 0.3) is 0 Å². The van der Waals surface area contributed by atoms with Gasteiger partial charge in [0.15, 0.2) is 0 Å². The SMILES string of the molecule is Cc1ccc(S(=O)(=O)N(CC(=O)NCCCN2CCCCCC2)c2ccccc2)cc1. The average molecular weight is 444 g/mol. The number of carbonyl (C=O) groups excluding carboxylic acids is 1. The van der Waals surface area contributed by atoms with Crippen LogP contribution in [0.5, 0.6) is 0 Å². The minimum Gasteiger partial charge on any atom is -0.354 e. The lowest BCUT2D eigenvalue weighted by Gasteiger charge is -2.24. The molecule has 1 aliphatic heterocycles. The highest BCUT2D eigenvalue weighted by Gasteiger charge is 2.27. The highest BCUT2D eigenvalue weighted by atomic mass is 32.2. The largest absolute Gasteiger partial charge is 0.354 e. The van der Waals surface area contributed by atoms with Crippen molar-refractivity contribution in [2.75, 3.05) is 37.0 Å². The molecule has 3 rings (SSSR count). The summed E-state index contributed by atoms with van der Waals surface area (Å²) in [5, 5.41) is 2.90. The zero-order chi connectivity index (χ0) is 22.1. The van der Waals surface area contributed by atoms with Crippen LogP contribution in [-0.2, 0) is 14.8 Å². The predicted octanol–water partition coefficient (Wildman–Crippen LogP) is 3.57. The van der Waals surface area contributed by atoms with E-state index in [0.29, 0.717) is 12.2 Å². The van der Waals surface area contributed by atoms with E-state index >= 15 is 0 Å². The summed E-state index contributed by atoms with van der Waals surface area (Å²) >= 11 is 0. The van der Waals surface area contributed by atoms with Crippen molar-refractivity contribution < 1.29 is 13.2 Å². The monoisotopic (exact) mass is 443 g/mol. The second-order valence-corrected chi connectivity index (χ2v) is 9.98. The molecule has 0 bridgehead atoms. The highest BCUT2D eigenvalue weighted by molar-refractivity contribution is 7.92. The maximum atomic E-state index is 13.3. The molecule has 0 aliphatic carbocycles. The van der Waals surface area contributed by atoms with E-state index in [-0.39, 0.29) is 17.3 Å². The Bertz CT molecular complexity index is 922. The van der Waals surface area contributed by atoms with Crippen LogP contribution in [0.15, 0.2) is 59.5 Å². The Labute approximate surface area is 186 Å². The summed E-state index contributed by atoms with van der Waals surface area (Å²) in [7, 11) is -3.85. The summed E-state index contributed by atoms with van der Waals surface area (Å²) in [6, 6.07) is 15.5. The van der Waals surface area contributed by atoms with Gasteiger partial charge in [0.05, 0.1) is 10.6 Å². The summed E-state index contributed by atoms with van der Waals surface area (Å²) < 4.78 is 27.8. The molecule has 0 aromatic heterocycles. The van der Waals surface area contributed by atoms with Crippen LogP contribution in [0, 0.1) is 6.92 Å². The Kier molecular flexibility index (Phi) is 8.49. The van der Waals surface area contributed by atoms with E-state index in [2.05, 4.69) is 10.2 Å². The van der Waals surface area contributed by atoms with Gasteiger partial charge in [-0.3, -0.25) is 9.10 Å². The van der Waals surface area contributed by atoms with E-state index in [1.54, 1.807) is 48.5 Å². The normalized spacial score (nSPS) is 15.3. The molecule has 31 heavy (non-hydrogen) atoms. The lowest BCUT2D eigenvalue weighted by Crippen LogP contribution is -2.41. The fraction of sp³-hybridized carbons (Fsp3) is 0.458. The molecule has 6 nitrogen and oxygen atoms in total. The summed E-state index contributed by atoms with van der Waals surface area (Å²) in [6.45, 7) is 5.43. The topological polar surface area (TPSA) is 69.7 Å². The smallest absolute Gasteiger partial charge is 0.264 e. The molecule has 0 saturated carbocycles. The van der Waals surface area contributed by atoms with Crippen molar-refractivity contribution in [1.82, 2.24) is 10.2 Å². The second-order valence-electron chi connectivity index (χ2n) is 8.12. The van der Waals surface area contributed by atoms with Crippen LogP contribution in [0.2, 0.25) is 0 Å². The predicted molar refractivity (Wildman–Crippen MR) is 125 cm³/mol. The highest BCUT2D eigenvalue weighted by Crippen LogP contribution is 2.23. The van der Waals surface area contributed by atoms with Crippen molar-refractivity contribution >= 4 is 21.6 Å². The van der Waals surface area contributed by atoms with Gasteiger partial charge in [-0.2, -0.15) is 0 Å². The number of nitrogens with one attached hydrogen (secondary N) is 1. The number of carbonyl (C=O) groups is 1. The first-order valence-electron chi connectivity index (χ1n) is 11.1. The Hall–Kier alpha value is -2.38. The van der Waals surface area contributed by atoms with Crippen LogP contribution < -0.4 is 9.62 Å². The van der Waals surface area contributed by atoms with Gasteiger partial charge >= 0.3 is 0 Å². The Morgan fingerprint density at radius 1 is 0.968 bits per heavy atom. The number of benzene rings is 2. The molecule has 2 aromatic carbocycles. The molecule has 0 unspecified atom stereocenters. The van der Waals surface area contributed by atoms with Gasteiger partial charge in [0, 0.05) is 6.54 Å². The molecule has 1 amide bonds. The first-order valence-corrected chi connectivity index (χ1v) is 12.5. The van der Waals surface area contributed by atoms with Crippen LogP contribution in [0.3, 0.4) is 0 Å². The van der Waals surface area contributed by atoms with Gasteiger partial charge in [-0.25, -0.2) is 8.42 Å². The Morgan fingerprint density at radius 2 is 1.61 bits per heavy atom. The van der Waals surface area contributed by atoms with Gasteiger partial charge in [0.1, 0.15) is 6.54 Å². The van der Waals surface area contributed by atoms with Crippen LogP contribution in [-0.4, -0.2) is 51.9 Å². The number of para-hydroxylation sites is 1. The van der Waals surface area contributed by atoms with Gasteiger partial charge in [-0.15, -0.1) is 0 Å². The molecule has 168 valence electrons. The number of anilines is 1. The van der Waals surface area contributed by atoms with Crippen molar-refractivity contribution in [1.29, 1.82) is 0 Å². The molecule has 0 radical (unpaired) electrons. The Morgan fingerprint density at radius 3 is 2.26 bits per heavy atom. The third-order valence-electron chi connectivity index (χ3n) is 5.61. The standard InChI is InChI=1S/C24H33N3O3S/c1-21-12-14-23(15-13-21)31(29,30)27(22-10-5-4-6-11-22)20-24(28)25-16-9-19-26-17-7-2-3-8-18-26/h4-6,10-15H,2-3,7-9,16-20H2,1H3,(H,25,28). The van der Waals surface area contributed by atoms with Crippen LogP contribution >= 0.6 is 0 Å². The number of hydrogen-bond donors (Lipinski definition) is 1. The quantitative estimate of drug-likeness (QED) is 0.602. The lowest BCUT2D eigenvalue weighted by molar-refractivity contribution is -0.119. The second kappa shape index (κ2) is 11.3. The van der Waals surface area contributed by atoms with E-state index in [4.69, 9.17) is 0 Å². The third-order valence-corrected chi connectivity index (χ3v) is 7.40. The first-order chi connectivity index (χ1) is 15.0. The van der Waals surface area contributed by atoms with Crippen molar-refractivity contribution in [2.45, 2.75) is 43.9 Å². The number of sulfonamides is 1. The fourth-order valence-corrected chi connectivity index (χ4v) is 5.24. The van der Waals surface area contributed by atoms with E-state index in [0.717, 1.165) is 31.6 Å². The molecule has 0 atom stereocenters. The number of amides is 1. The number of likely N-dealkylation sites (tertiary alicyclic amines) is 1. The van der Waals surface area contributed by atoms with Crippen molar-refractivity contribution in [3.05, 3.63) is 60.2 Å². The molecular formula is C24H33N3O3S. The first kappa shape index (κ1) is 23.3. The van der Waals surface area contributed by atoms with Crippen LogP contribution in [0.1, 0.15) is 37.7 Å². The summed E-state index contributed by atoms with van der Waals surface area (Å²) in [5.41, 5.74) is 1.45. The van der Waals surface area contributed by atoms with E-state index in [1.165, 1.54) is 30.0 Å². The fourth-order valence-electron chi connectivity index (χ4n) is 3.82. The van der Waals surface area contributed by atoms with Gasteiger partial charge < -0.3 is 10.2 Å². The van der Waals surface area contributed by atoms with Gasteiger partial charge in [0.25, 0.3) is 10.0 Å². The molecule has 1 heterocycles. The van der Waals surface area contributed by atoms with Gasteiger partial charge in [0.2, 0.25) is 5.91 Å². The minimum atomic E-state index is -3.85. The average Bonchev–Trinajstić information content (AvgIpc) is 3.05. The number of rotatable bonds is 9. The zero-order valence-corrected chi connectivity index (χ0v) is 19.1. The molecule has 1 saturated heterocycles. The van der Waals surface area contributed by atoms with E-state index in [9.17, 15) is 13.2 Å². The molecule has 7 heteroatoms. The third kappa shape index (κ3) is 6.80. The van der Waals surface area contributed by atoms with Crippen molar-refractivity contribution in [3.63, 3.8) is 0 Å². The zero-order valence-electron chi connectivity index (χ0n) is 18.3. The van der Waals surface area contributed by atoms with E-state index < -0.39 is 10.0 Å². The van der Waals surface area contributed by atoms with Gasteiger partial charge in [-0.05, 0) is 70.1 Å². The van der Waals surface area contributed by atoms with Crippen molar-refractivity contribution in [2.24, 2.45) is 0 Å². The summed E-state index contributed by atoms with van der Waals surface area (Å²) in [5.74, 6) is -0.296. The number of nitrogens with zero attached hydrogens (tertiary/aromatic N) is 2. The summed E-state index contributed by atoms with van der Waals surface area (Å²) in [4.78, 5) is 15.3. The van der Waals surface area contributed by atoms with Gasteiger partial charge in [-0.1, -0.05) is 48.7 Å². The summed E-state index contributed by atoms with van der Waals surface area (Å²) in [6.07, 6.45) is 5.96. The van der Waals surface area contributed by atoms with Crippen LogP contribution in [0.4, 0.5) is 5.69 Å². The van der Waals surface area contributed by atoms with E-state index in [1.807, 2.05) is 13.0 Å². The molecule has 2 aromatic rings. The number of aryl methyl sites for hydroxylation is 1. The minimum absolute atomic E-state index is 0.177. The molecule has 1 aliphatic rings. The molecular weight excluding hydrogens is 410 g/mol. The maximum Gasteiger partial charge on any atom is 0.264 e. The Balaban J connectivity index is 1.62. The molecule has 1 fully saturated rings.